The molecule has 12 heavy (non-hydrogen) atoms. The van der Waals surface area contributed by atoms with Gasteiger partial charge in [-0.1, -0.05) is 0 Å². The van der Waals surface area contributed by atoms with E-state index in [1.165, 1.54) is 6.26 Å². The Hall–Kier alpha value is 0.0200. The Kier molecular flexibility index (Phi) is 5.64. The number of sulfonamides is 1. The molecular weight excluding hydrogens is 200 g/mol. The van der Waals surface area contributed by atoms with Crippen LogP contribution in [-0.2, 0) is 20.8 Å². The van der Waals surface area contributed by atoms with Gasteiger partial charge in [-0.05, 0) is 0 Å². The average Bonchev–Trinajstić information content (AvgIpc) is 1.85. The minimum atomic E-state index is -3.24. The van der Waals surface area contributed by atoms with Gasteiger partial charge in [0.25, 0.3) is 0 Å². The number of nitrogens with two attached hydrogens (primary N) is 1. The molecule has 5 nitrogen and oxygen atoms in total. The molecule has 1 atom stereocenters. The van der Waals surface area contributed by atoms with Gasteiger partial charge in [0.1, 0.15) is 0 Å². The summed E-state index contributed by atoms with van der Waals surface area (Å²) in [6, 6.07) is 0. The van der Waals surface area contributed by atoms with Crippen molar-refractivity contribution in [2.75, 3.05) is 30.9 Å². The van der Waals surface area contributed by atoms with Gasteiger partial charge in [-0.2, -0.15) is 0 Å². The van der Waals surface area contributed by atoms with E-state index in [0.717, 1.165) is 0 Å². The Labute approximate surface area is 75.2 Å². The normalized spacial score (nSPS) is 14.5. The minimum Gasteiger partial charge on any atom is -0.329 e. The molecule has 3 N–H and O–H groups in total. The van der Waals surface area contributed by atoms with E-state index in [9.17, 15) is 12.6 Å². The summed E-state index contributed by atoms with van der Waals surface area (Å²) in [5.41, 5.74) is 5.07. The van der Waals surface area contributed by atoms with Gasteiger partial charge in [-0.15, -0.1) is 0 Å². The van der Waals surface area contributed by atoms with Crippen molar-refractivity contribution >= 4 is 20.8 Å². The topological polar surface area (TPSA) is 89.3 Å². The van der Waals surface area contributed by atoms with Crippen LogP contribution in [0.4, 0.5) is 0 Å². The molecule has 0 amide bonds. The highest BCUT2D eigenvalue weighted by Gasteiger charge is 2.07. The third kappa shape index (κ3) is 6.71. The van der Waals surface area contributed by atoms with Crippen molar-refractivity contribution in [3.63, 3.8) is 0 Å². The lowest BCUT2D eigenvalue weighted by atomic mass is 10.8. The van der Waals surface area contributed by atoms with Crippen LogP contribution in [0.2, 0.25) is 0 Å². The summed E-state index contributed by atoms with van der Waals surface area (Å²) >= 11 is 0. The maximum Gasteiger partial charge on any atom is 0.212 e. The summed E-state index contributed by atoms with van der Waals surface area (Å²) < 4.78 is 34.7. The number of hydrogen-bond donors (Lipinski definition) is 2. The smallest absolute Gasteiger partial charge is 0.212 e. The van der Waals surface area contributed by atoms with Gasteiger partial charge in [0.2, 0.25) is 10.0 Å². The van der Waals surface area contributed by atoms with Gasteiger partial charge in [-0.25, -0.2) is 13.1 Å². The molecule has 0 spiro atoms. The summed E-state index contributed by atoms with van der Waals surface area (Å²) in [5, 5.41) is 0. The first-order valence-corrected chi connectivity index (χ1v) is 6.83. The molecule has 0 saturated heterocycles. The van der Waals surface area contributed by atoms with E-state index in [2.05, 4.69) is 4.72 Å². The molecule has 0 aliphatic carbocycles. The molecule has 0 radical (unpaired) electrons. The Bertz CT molecular complexity index is 237. The second kappa shape index (κ2) is 5.63. The molecule has 0 aliphatic rings. The van der Waals surface area contributed by atoms with E-state index in [-0.39, 0.29) is 18.8 Å². The van der Waals surface area contributed by atoms with Crippen LogP contribution in [0.15, 0.2) is 0 Å². The van der Waals surface area contributed by atoms with Crippen molar-refractivity contribution in [3.8, 4) is 0 Å². The fourth-order valence-corrected chi connectivity index (χ4v) is 1.95. The predicted molar refractivity (Wildman–Crippen MR) is 49.8 cm³/mol. The summed E-state index contributed by atoms with van der Waals surface area (Å²) in [7, 11) is -4.20. The highest BCUT2D eigenvalue weighted by molar-refractivity contribution is 7.89. The molecule has 7 heteroatoms. The quantitative estimate of drug-likeness (QED) is 0.548. The van der Waals surface area contributed by atoms with E-state index in [1.807, 2.05) is 0 Å². The second-order valence-corrected chi connectivity index (χ2v) is 5.76. The van der Waals surface area contributed by atoms with Gasteiger partial charge in [0.15, 0.2) is 0 Å². The van der Waals surface area contributed by atoms with Crippen LogP contribution < -0.4 is 10.5 Å². The van der Waals surface area contributed by atoms with E-state index in [4.69, 9.17) is 5.73 Å². The first kappa shape index (κ1) is 12.0. The predicted octanol–water partition coefficient (Wildman–Crippen LogP) is -1.76. The van der Waals surface area contributed by atoms with E-state index >= 15 is 0 Å². The van der Waals surface area contributed by atoms with E-state index < -0.39 is 20.8 Å². The van der Waals surface area contributed by atoms with Crippen LogP contribution in [0.3, 0.4) is 0 Å². The molecule has 0 aromatic heterocycles. The molecule has 0 bridgehead atoms. The molecule has 0 fully saturated rings. The van der Waals surface area contributed by atoms with Gasteiger partial charge in [-0.3, -0.25) is 4.21 Å². The molecule has 0 saturated carbocycles. The molecule has 0 heterocycles. The molecule has 0 rings (SSSR count). The lowest BCUT2D eigenvalue weighted by molar-refractivity contribution is 0.584. The van der Waals surface area contributed by atoms with Crippen molar-refractivity contribution in [1.29, 1.82) is 0 Å². The zero-order valence-corrected chi connectivity index (χ0v) is 8.58. The minimum absolute atomic E-state index is 0.0800. The summed E-state index contributed by atoms with van der Waals surface area (Å²) in [6.07, 6.45) is 1.53. The molecule has 1 unspecified atom stereocenters. The molecule has 0 aromatic rings. The second-order valence-electron chi connectivity index (χ2n) is 2.28. The van der Waals surface area contributed by atoms with Crippen molar-refractivity contribution in [1.82, 2.24) is 4.72 Å². The first-order valence-electron chi connectivity index (χ1n) is 3.45. The summed E-state index contributed by atoms with van der Waals surface area (Å²) in [6.45, 7) is 0.315. The Morgan fingerprint density at radius 1 is 1.50 bits per heavy atom. The maximum atomic E-state index is 10.9. The number of nitrogens with one attached hydrogen (secondary N) is 1. The van der Waals surface area contributed by atoms with Crippen LogP contribution in [0.5, 0.6) is 0 Å². The highest BCUT2D eigenvalue weighted by atomic mass is 32.2. The zero-order chi connectivity index (χ0) is 9.61. The van der Waals surface area contributed by atoms with Crippen LogP contribution >= 0.6 is 0 Å². The summed E-state index contributed by atoms with van der Waals surface area (Å²) in [4.78, 5) is 0. The highest BCUT2D eigenvalue weighted by Crippen LogP contribution is 1.81. The Balaban J connectivity index is 3.69. The Morgan fingerprint density at radius 2 is 2.08 bits per heavy atom. The number of rotatable bonds is 6. The molecular formula is C5H14N2O3S2. The van der Waals surface area contributed by atoms with Gasteiger partial charge < -0.3 is 5.73 Å². The molecule has 0 aromatic carbocycles. The van der Waals surface area contributed by atoms with Crippen molar-refractivity contribution in [3.05, 3.63) is 0 Å². The van der Waals surface area contributed by atoms with E-state index in [1.54, 1.807) is 0 Å². The average molecular weight is 214 g/mol. The third-order valence-corrected chi connectivity index (χ3v) is 3.29. The first-order chi connectivity index (χ1) is 5.48. The zero-order valence-electron chi connectivity index (χ0n) is 6.95. The fourth-order valence-electron chi connectivity index (χ4n) is 0.568. The monoisotopic (exact) mass is 214 g/mol. The van der Waals surface area contributed by atoms with Crippen molar-refractivity contribution in [2.45, 2.75) is 0 Å². The lowest BCUT2D eigenvalue weighted by Gasteiger charge is -2.03. The van der Waals surface area contributed by atoms with Crippen LogP contribution in [0.25, 0.3) is 0 Å². The molecule has 0 aliphatic heterocycles. The van der Waals surface area contributed by atoms with Crippen molar-refractivity contribution in [2.24, 2.45) is 5.73 Å². The standard InChI is InChI=1S/C5H14N2O3S2/c1-11(8)4-3-7-12(9,10)5-2-6/h7H,2-6H2,1H3. The van der Waals surface area contributed by atoms with Crippen molar-refractivity contribution < 1.29 is 12.6 Å². The van der Waals surface area contributed by atoms with Gasteiger partial charge in [0, 0.05) is 35.9 Å². The van der Waals surface area contributed by atoms with Crippen LogP contribution in [0.1, 0.15) is 0 Å². The fraction of sp³-hybridized carbons (Fsp3) is 1.00. The summed E-state index contributed by atoms with van der Waals surface area (Å²) in [5.74, 6) is 0.257. The largest absolute Gasteiger partial charge is 0.329 e. The van der Waals surface area contributed by atoms with Crippen LogP contribution in [0, 0.1) is 0 Å². The maximum absolute atomic E-state index is 10.9. The SMILES string of the molecule is CS(=O)CCNS(=O)(=O)CCN. The van der Waals surface area contributed by atoms with Gasteiger partial charge in [0.05, 0.1) is 5.75 Å². The van der Waals surface area contributed by atoms with E-state index in [0.29, 0.717) is 5.75 Å². The lowest BCUT2D eigenvalue weighted by Crippen LogP contribution is -2.32. The Morgan fingerprint density at radius 3 is 2.50 bits per heavy atom. The molecule has 74 valence electrons. The van der Waals surface area contributed by atoms with Crippen LogP contribution in [-0.4, -0.2) is 43.5 Å². The van der Waals surface area contributed by atoms with Gasteiger partial charge >= 0.3 is 0 Å². The number of hydrogen-bond acceptors (Lipinski definition) is 4. The third-order valence-electron chi connectivity index (χ3n) is 1.10.